The van der Waals surface area contributed by atoms with E-state index in [1.54, 1.807) is 29.2 Å². The molecular formula is C18H14Cl2FN3OS. The van der Waals surface area contributed by atoms with Gasteiger partial charge in [0.1, 0.15) is 11.3 Å². The fourth-order valence-electron chi connectivity index (χ4n) is 2.97. The zero-order valence-electron chi connectivity index (χ0n) is 13.6. The van der Waals surface area contributed by atoms with Crippen LogP contribution in [-0.2, 0) is 0 Å². The van der Waals surface area contributed by atoms with E-state index < -0.39 is 0 Å². The predicted octanol–water partition coefficient (Wildman–Crippen LogP) is 4.70. The van der Waals surface area contributed by atoms with Crippen LogP contribution in [0.2, 0.25) is 10.0 Å². The second kappa shape index (κ2) is 7.02. The van der Waals surface area contributed by atoms with E-state index in [-0.39, 0.29) is 11.7 Å². The van der Waals surface area contributed by atoms with Gasteiger partial charge in [-0.05, 0) is 30.3 Å². The molecule has 3 aromatic rings. The average molecular weight is 410 g/mol. The molecule has 1 saturated heterocycles. The minimum absolute atomic E-state index is 0.132. The highest BCUT2D eigenvalue weighted by atomic mass is 35.5. The monoisotopic (exact) mass is 409 g/mol. The quantitative estimate of drug-likeness (QED) is 0.614. The Balaban J connectivity index is 1.49. The third-order valence-electron chi connectivity index (χ3n) is 4.35. The number of amides is 1. The minimum atomic E-state index is -0.311. The van der Waals surface area contributed by atoms with Crippen molar-refractivity contribution in [1.29, 1.82) is 0 Å². The fourth-order valence-corrected chi connectivity index (χ4v) is 4.37. The van der Waals surface area contributed by atoms with Crippen LogP contribution in [0.3, 0.4) is 0 Å². The topological polar surface area (TPSA) is 36.4 Å². The number of rotatable bonds is 2. The molecule has 26 heavy (non-hydrogen) atoms. The van der Waals surface area contributed by atoms with Gasteiger partial charge in [0, 0.05) is 31.2 Å². The molecule has 0 radical (unpaired) electrons. The molecule has 0 aliphatic carbocycles. The van der Waals surface area contributed by atoms with E-state index >= 15 is 0 Å². The summed E-state index contributed by atoms with van der Waals surface area (Å²) in [6.07, 6.45) is 0. The number of halogens is 3. The number of para-hydroxylation sites is 1. The van der Waals surface area contributed by atoms with E-state index in [0.29, 0.717) is 47.3 Å². The molecule has 0 spiro atoms. The summed E-state index contributed by atoms with van der Waals surface area (Å²) in [6.45, 7) is 2.34. The van der Waals surface area contributed by atoms with Crippen LogP contribution in [0.4, 0.5) is 9.52 Å². The fraction of sp³-hybridized carbons (Fsp3) is 0.222. The van der Waals surface area contributed by atoms with Gasteiger partial charge in [0.05, 0.1) is 15.3 Å². The third kappa shape index (κ3) is 3.24. The summed E-state index contributed by atoms with van der Waals surface area (Å²) in [6, 6.07) is 9.84. The van der Waals surface area contributed by atoms with Crippen molar-refractivity contribution in [1.82, 2.24) is 9.88 Å². The van der Waals surface area contributed by atoms with Gasteiger partial charge in [0.15, 0.2) is 5.13 Å². The normalized spacial score (nSPS) is 14.9. The number of carbonyl (C=O) groups excluding carboxylic acids is 1. The van der Waals surface area contributed by atoms with Gasteiger partial charge in [-0.25, -0.2) is 9.37 Å². The molecule has 0 unspecified atom stereocenters. The number of thiazole rings is 1. The smallest absolute Gasteiger partial charge is 0.255 e. The summed E-state index contributed by atoms with van der Waals surface area (Å²) in [5, 5.41) is 1.65. The number of carbonyl (C=O) groups is 1. The number of piperazine rings is 1. The number of nitrogens with zero attached hydrogens (tertiary/aromatic N) is 3. The van der Waals surface area contributed by atoms with Gasteiger partial charge in [-0.3, -0.25) is 4.79 Å². The lowest BCUT2D eigenvalue weighted by molar-refractivity contribution is 0.0747. The van der Waals surface area contributed by atoms with Gasteiger partial charge in [0.2, 0.25) is 0 Å². The number of hydrogen-bond donors (Lipinski definition) is 0. The molecule has 0 N–H and O–H groups in total. The molecule has 2 heterocycles. The summed E-state index contributed by atoms with van der Waals surface area (Å²) in [4.78, 5) is 20.9. The van der Waals surface area contributed by atoms with E-state index in [4.69, 9.17) is 23.2 Å². The van der Waals surface area contributed by atoms with Crippen LogP contribution in [-0.4, -0.2) is 42.0 Å². The van der Waals surface area contributed by atoms with E-state index in [9.17, 15) is 9.18 Å². The average Bonchev–Trinajstić information content (AvgIpc) is 3.09. The lowest BCUT2D eigenvalue weighted by Gasteiger charge is -2.34. The van der Waals surface area contributed by atoms with Crippen molar-refractivity contribution in [3.63, 3.8) is 0 Å². The summed E-state index contributed by atoms with van der Waals surface area (Å²) in [5.74, 6) is -0.443. The first-order valence-corrected chi connectivity index (χ1v) is 9.64. The van der Waals surface area contributed by atoms with Gasteiger partial charge in [-0.15, -0.1) is 0 Å². The van der Waals surface area contributed by atoms with Crippen LogP contribution in [0.1, 0.15) is 10.4 Å². The van der Waals surface area contributed by atoms with Crippen LogP contribution < -0.4 is 4.90 Å². The van der Waals surface area contributed by atoms with E-state index in [0.717, 1.165) is 9.83 Å². The zero-order chi connectivity index (χ0) is 18.3. The van der Waals surface area contributed by atoms with Crippen molar-refractivity contribution >= 4 is 55.8 Å². The highest BCUT2D eigenvalue weighted by Crippen LogP contribution is 2.31. The van der Waals surface area contributed by atoms with Crippen LogP contribution in [0.15, 0.2) is 36.4 Å². The molecule has 1 aliphatic heterocycles. The van der Waals surface area contributed by atoms with Gasteiger partial charge < -0.3 is 9.80 Å². The van der Waals surface area contributed by atoms with Crippen molar-refractivity contribution in [2.24, 2.45) is 0 Å². The molecule has 0 atom stereocenters. The summed E-state index contributed by atoms with van der Waals surface area (Å²) < 4.78 is 14.7. The Bertz CT molecular complexity index is 986. The van der Waals surface area contributed by atoms with Crippen molar-refractivity contribution in [2.45, 2.75) is 0 Å². The molecule has 4 nitrogen and oxygen atoms in total. The Hall–Kier alpha value is -1.89. The van der Waals surface area contributed by atoms with Gasteiger partial charge >= 0.3 is 0 Å². The Morgan fingerprint density at radius 2 is 1.88 bits per heavy atom. The Morgan fingerprint density at radius 3 is 2.62 bits per heavy atom. The SMILES string of the molecule is O=C(c1cc(Cl)ccc1Cl)N1CCN(c2nc3c(F)cccc3s2)CC1. The first-order chi connectivity index (χ1) is 12.5. The number of aromatic nitrogens is 1. The largest absolute Gasteiger partial charge is 0.345 e. The summed E-state index contributed by atoms with van der Waals surface area (Å²) >= 11 is 13.6. The van der Waals surface area contributed by atoms with Crippen LogP contribution >= 0.6 is 34.5 Å². The molecule has 0 bridgehead atoms. The second-order valence-corrected chi connectivity index (χ2v) is 7.84. The molecule has 0 saturated carbocycles. The van der Waals surface area contributed by atoms with Crippen molar-refractivity contribution in [3.05, 3.63) is 57.8 Å². The van der Waals surface area contributed by atoms with Gasteiger partial charge in [0.25, 0.3) is 5.91 Å². The van der Waals surface area contributed by atoms with Crippen molar-refractivity contribution in [3.8, 4) is 0 Å². The zero-order valence-corrected chi connectivity index (χ0v) is 15.9. The predicted molar refractivity (Wildman–Crippen MR) is 104 cm³/mol. The van der Waals surface area contributed by atoms with Crippen molar-refractivity contribution in [2.75, 3.05) is 31.1 Å². The molecular weight excluding hydrogens is 396 g/mol. The summed E-state index contributed by atoms with van der Waals surface area (Å²) in [5.41, 5.74) is 0.811. The number of benzene rings is 2. The Morgan fingerprint density at radius 1 is 1.12 bits per heavy atom. The van der Waals surface area contributed by atoms with E-state index in [1.807, 2.05) is 6.07 Å². The lowest BCUT2D eigenvalue weighted by atomic mass is 10.2. The molecule has 2 aromatic carbocycles. The maximum absolute atomic E-state index is 13.8. The first kappa shape index (κ1) is 17.5. The van der Waals surface area contributed by atoms with Crippen LogP contribution in [0.25, 0.3) is 10.2 Å². The van der Waals surface area contributed by atoms with Gasteiger partial charge in [-0.2, -0.15) is 0 Å². The maximum Gasteiger partial charge on any atom is 0.255 e. The second-order valence-electron chi connectivity index (χ2n) is 5.99. The lowest BCUT2D eigenvalue weighted by Crippen LogP contribution is -2.48. The van der Waals surface area contributed by atoms with Crippen LogP contribution in [0, 0.1) is 5.82 Å². The molecule has 134 valence electrons. The van der Waals surface area contributed by atoms with E-state index in [1.165, 1.54) is 17.4 Å². The molecule has 8 heteroatoms. The number of anilines is 1. The molecule has 1 aliphatic rings. The number of fused-ring (bicyclic) bond motifs is 1. The molecule has 1 amide bonds. The van der Waals surface area contributed by atoms with Crippen molar-refractivity contribution < 1.29 is 9.18 Å². The molecule has 1 aromatic heterocycles. The minimum Gasteiger partial charge on any atom is -0.345 e. The Labute approximate surface area is 163 Å². The highest BCUT2D eigenvalue weighted by molar-refractivity contribution is 7.22. The maximum atomic E-state index is 13.8. The molecule has 1 fully saturated rings. The van der Waals surface area contributed by atoms with Crippen LogP contribution in [0.5, 0.6) is 0 Å². The van der Waals surface area contributed by atoms with E-state index in [2.05, 4.69) is 9.88 Å². The summed E-state index contributed by atoms with van der Waals surface area (Å²) in [7, 11) is 0. The Kier molecular flexibility index (Phi) is 4.73. The number of hydrogen-bond acceptors (Lipinski definition) is 4. The first-order valence-electron chi connectivity index (χ1n) is 8.07. The standard InChI is InChI=1S/C18H14Cl2FN3OS/c19-11-4-5-13(20)12(10-11)17(25)23-6-8-24(9-7-23)18-22-16-14(21)2-1-3-15(16)26-18/h1-5,10H,6-9H2. The third-order valence-corrected chi connectivity index (χ3v) is 6.00. The highest BCUT2D eigenvalue weighted by Gasteiger charge is 2.25. The van der Waals surface area contributed by atoms with Gasteiger partial charge in [-0.1, -0.05) is 40.6 Å². The molecule has 4 rings (SSSR count).